The third-order valence-electron chi connectivity index (χ3n) is 3.29. The van der Waals surface area contributed by atoms with Crippen LogP contribution < -0.4 is 0 Å². The maximum atomic E-state index is 14.2. The molecule has 0 spiro atoms. The number of aldehydes is 2. The van der Waals surface area contributed by atoms with Crippen molar-refractivity contribution in [2.75, 3.05) is 7.11 Å². The van der Waals surface area contributed by atoms with Crippen LogP contribution in [0.4, 0.5) is 8.78 Å². The highest BCUT2D eigenvalue weighted by atomic mass is 19.1. The number of allylic oxidation sites excluding steroid dienone is 7. The van der Waals surface area contributed by atoms with E-state index in [4.69, 9.17) is 0 Å². The Bertz CT molecular complexity index is 593. The molecule has 5 heteroatoms. The Morgan fingerprint density at radius 2 is 1.55 bits per heavy atom. The summed E-state index contributed by atoms with van der Waals surface area (Å²) in [6.45, 7) is 11.5. The van der Waals surface area contributed by atoms with Crippen molar-refractivity contribution in [1.82, 2.24) is 0 Å². The lowest BCUT2D eigenvalue weighted by Gasteiger charge is -2.12. The summed E-state index contributed by atoms with van der Waals surface area (Å²) in [7, 11) is 1.19. The van der Waals surface area contributed by atoms with Gasteiger partial charge in [0.1, 0.15) is 11.6 Å². The largest absolute Gasteiger partial charge is 0.494 e. The zero-order valence-corrected chi connectivity index (χ0v) is 13.3. The van der Waals surface area contributed by atoms with E-state index in [9.17, 15) is 18.4 Å². The maximum Gasteiger partial charge on any atom is 0.175 e. The fraction of sp³-hybridized carbons (Fsp3) is 0.294. The number of rotatable bonds is 8. The van der Waals surface area contributed by atoms with E-state index in [0.29, 0.717) is 18.3 Å². The summed E-state index contributed by atoms with van der Waals surface area (Å²) in [6.07, 6.45) is 0.955. The zero-order chi connectivity index (χ0) is 17.4. The lowest BCUT2D eigenvalue weighted by molar-refractivity contribution is -0.105. The van der Waals surface area contributed by atoms with Crippen LogP contribution in [0, 0.1) is 0 Å². The lowest BCUT2D eigenvalue weighted by atomic mass is 9.94. The Kier molecular flexibility index (Phi) is 7.94. The van der Waals surface area contributed by atoms with Gasteiger partial charge in [-0.15, -0.1) is 0 Å². The molecule has 0 aliphatic rings. The van der Waals surface area contributed by atoms with Crippen LogP contribution in [-0.2, 0) is 14.3 Å². The Morgan fingerprint density at radius 3 is 1.91 bits per heavy atom. The first kappa shape index (κ1) is 19.7. The van der Waals surface area contributed by atoms with Crippen LogP contribution >= 0.6 is 0 Å². The Hall–Kier alpha value is -2.30. The van der Waals surface area contributed by atoms with Crippen molar-refractivity contribution in [3.05, 3.63) is 58.4 Å². The van der Waals surface area contributed by atoms with E-state index in [1.54, 1.807) is 13.8 Å². The molecule has 0 rings (SSSR count). The first-order valence-corrected chi connectivity index (χ1v) is 6.56. The van der Waals surface area contributed by atoms with Gasteiger partial charge < -0.3 is 4.74 Å². The van der Waals surface area contributed by atoms with Gasteiger partial charge in [-0.05, 0) is 37.0 Å². The predicted octanol–water partition coefficient (Wildman–Crippen LogP) is 4.29. The van der Waals surface area contributed by atoms with Crippen molar-refractivity contribution in [3.63, 3.8) is 0 Å². The van der Waals surface area contributed by atoms with Gasteiger partial charge in [0.25, 0.3) is 0 Å². The van der Waals surface area contributed by atoms with Gasteiger partial charge in [0.2, 0.25) is 0 Å². The molecule has 0 amide bonds. The van der Waals surface area contributed by atoms with E-state index in [2.05, 4.69) is 17.9 Å². The normalized spacial score (nSPS) is 14.3. The van der Waals surface area contributed by atoms with Crippen molar-refractivity contribution in [2.45, 2.75) is 27.2 Å². The third-order valence-corrected chi connectivity index (χ3v) is 3.29. The number of carbonyl (C=O) groups is 2. The van der Waals surface area contributed by atoms with Gasteiger partial charge in [-0.3, -0.25) is 9.59 Å². The average Bonchev–Trinajstić information content (AvgIpc) is 2.53. The van der Waals surface area contributed by atoms with Crippen molar-refractivity contribution in [1.29, 1.82) is 0 Å². The summed E-state index contributed by atoms with van der Waals surface area (Å²) >= 11 is 0. The molecule has 3 nitrogen and oxygen atoms in total. The van der Waals surface area contributed by atoms with Crippen LogP contribution in [0.15, 0.2) is 58.4 Å². The second-order valence-corrected chi connectivity index (χ2v) is 4.56. The van der Waals surface area contributed by atoms with E-state index >= 15 is 0 Å². The second-order valence-electron chi connectivity index (χ2n) is 4.56. The molecule has 0 saturated heterocycles. The second kappa shape index (κ2) is 8.87. The summed E-state index contributed by atoms with van der Waals surface area (Å²) in [5, 5.41) is 0. The van der Waals surface area contributed by atoms with E-state index in [1.165, 1.54) is 14.0 Å². The molecule has 0 fully saturated rings. The van der Waals surface area contributed by atoms with Gasteiger partial charge >= 0.3 is 0 Å². The molecule has 0 unspecified atom stereocenters. The summed E-state index contributed by atoms with van der Waals surface area (Å²) < 4.78 is 32.8. The molecule has 0 heterocycles. The molecule has 0 saturated carbocycles. The molecule has 0 N–H and O–H groups in total. The summed E-state index contributed by atoms with van der Waals surface area (Å²) in [6, 6.07) is 0. The molecule has 0 aromatic heterocycles. The lowest BCUT2D eigenvalue weighted by Crippen LogP contribution is -2.03. The number of hydrogen-bond donors (Lipinski definition) is 0. The molecule has 120 valence electrons. The first-order chi connectivity index (χ1) is 10.3. The van der Waals surface area contributed by atoms with E-state index in [1.807, 2.05) is 0 Å². The van der Waals surface area contributed by atoms with E-state index in [-0.39, 0.29) is 28.8 Å². The smallest absolute Gasteiger partial charge is 0.175 e. The van der Waals surface area contributed by atoms with Gasteiger partial charge in [-0.1, -0.05) is 20.1 Å². The summed E-state index contributed by atoms with van der Waals surface area (Å²) in [5.41, 5.74) is -0.369. The number of ether oxygens (including phenoxy) is 1. The van der Waals surface area contributed by atoms with Crippen LogP contribution in [-0.4, -0.2) is 19.7 Å². The average molecular weight is 310 g/mol. The van der Waals surface area contributed by atoms with Crippen molar-refractivity contribution < 1.29 is 23.1 Å². The van der Waals surface area contributed by atoms with Crippen molar-refractivity contribution >= 4 is 12.6 Å². The zero-order valence-electron chi connectivity index (χ0n) is 13.3. The standard InChI is InChI=1S/C17H20F2O3/c1-7-10(2)16(18)14(8-20)11(3)12(4)15(9-21)17(19)13(5)22-6/h8-9H,4-5,7H2,1-3,6H3/b14-11+,16-10-,17-15+. The minimum atomic E-state index is -1.01. The van der Waals surface area contributed by atoms with Gasteiger partial charge in [0, 0.05) is 0 Å². The first-order valence-electron chi connectivity index (χ1n) is 6.56. The molecule has 0 aromatic rings. The molecule has 22 heavy (non-hydrogen) atoms. The third kappa shape index (κ3) is 4.35. The van der Waals surface area contributed by atoms with Gasteiger partial charge in [0.15, 0.2) is 18.4 Å². The molecule has 0 radical (unpaired) electrons. The molecule has 0 aliphatic heterocycles. The number of hydrogen-bond acceptors (Lipinski definition) is 3. The van der Waals surface area contributed by atoms with Crippen LogP contribution in [0.3, 0.4) is 0 Å². The van der Waals surface area contributed by atoms with Crippen molar-refractivity contribution in [2.24, 2.45) is 0 Å². The van der Waals surface area contributed by atoms with Crippen LogP contribution in [0.1, 0.15) is 27.2 Å². The maximum absolute atomic E-state index is 14.2. The van der Waals surface area contributed by atoms with Gasteiger partial charge in [-0.25, -0.2) is 8.78 Å². The fourth-order valence-corrected chi connectivity index (χ4v) is 1.55. The number of methoxy groups -OCH3 is 1. The SMILES string of the molecule is C=C(OC)/C(F)=C(/C=O)C(=C)/C(C)=C(C=O)/C(F)=C(\C)CC. The molecule has 0 atom stereocenters. The highest BCUT2D eigenvalue weighted by Gasteiger charge is 2.19. The van der Waals surface area contributed by atoms with Crippen molar-refractivity contribution in [3.8, 4) is 0 Å². The molecular weight excluding hydrogens is 290 g/mol. The van der Waals surface area contributed by atoms with E-state index in [0.717, 1.165) is 0 Å². The Labute approximate surface area is 129 Å². The monoisotopic (exact) mass is 310 g/mol. The minimum absolute atomic E-state index is 0.0708. The van der Waals surface area contributed by atoms with E-state index < -0.39 is 17.2 Å². The molecule has 0 bridgehead atoms. The minimum Gasteiger partial charge on any atom is -0.494 e. The number of carbonyl (C=O) groups excluding carboxylic acids is 2. The van der Waals surface area contributed by atoms with Crippen LogP contribution in [0.5, 0.6) is 0 Å². The number of halogens is 2. The van der Waals surface area contributed by atoms with Crippen LogP contribution in [0.2, 0.25) is 0 Å². The fourth-order valence-electron chi connectivity index (χ4n) is 1.55. The predicted molar refractivity (Wildman–Crippen MR) is 82.4 cm³/mol. The topological polar surface area (TPSA) is 43.4 Å². The summed E-state index contributed by atoms with van der Waals surface area (Å²) in [4.78, 5) is 22.3. The molecular formula is C17H20F2O3. The van der Waals surface area contributed by atoms with Crippen LogP contribution in [0.25, 0.3) is 0 Å². The highest BCUT2D eigenvalue weighted by Crippen LogP contribution is 2.29. The highest BCUT2D eigenvalue weighted by molar-refractivity contribution is 5.88. The Morgan fingerprint density at radius 1 is 1.05 bits per heavy atom. The molecule has 0 aliphatic carbocycles. The quantitative estimate of drug-likeness (QED) is 0.291. The molecule has 0 aromatic carbocycles. The van der Waals surface area contributed by atoms with Gasteiger partial charge in [-0.2, -0.15) is 0 Å². The summed E-state index contributed by atoms with van der Waals surface area (Å²) in [5.74, 6) is -2.07. The Balaban J connectivity index is 6.16. The van der Waals surface area contributed by atoms with Gasteiger partial charge in [0.05, 0.1) is 18.3 Å².